The van der Waals surface area contributed by atoms with E-state index in [9.17, 15) is 9.59 Å². The second-order valence-electron chi connectivity index (χ2n) is 6.99. The van der Waals surface area contributed by atoms with Crippen LogP contribution >= 0.6 is 34.3 Å². The van der Waals surface area contributed by atoms with Gasteiger partial charge in [-0.1, -0.05) is 11.6 Å². The average molecular weight is 477 g/mol. The molecule has 4 rings (SSSR count). The molecule has 1 aromatic carbocycles. The van der Waals surface area contributed by atoms with Crippen LogP contribution in [0, 0.1) is 0 Å². The third-order valence-electron chi connectivity index (χ3n) is 4.60. The monoisotopic (exact) mass is 476 g/mol. The van der Waals surface area contributed by atoms with E-state index in [0.29, 0.717) is 41.2 Å². The maximum atomic E-state index is 12.4. The molecule has 2 N–H and O–H groups in total. The highest BCUT2D eigenvalue weighted by Crippen LogP contribution is 2.33. The molecular weight excluding hydrogens is 456 g/mol. The van der Waals surface area contributed by atoms with Crippen LogP contribution in [0.5, 0.6) is 0 Å². The molecule has 0 spiro atoms. The van der Waals surface area contributed by atoms with Gasteiger partial charge in [-0.2, -0.15) is 0 Å². The maximum absolute atomic E-state index is 12.4. The van der Waals surface area contributed by atoms with Gasteiger partial charge in [0.2, 0.25) is 11.8 Å². The van der Waals surface area contributed by atoms with Gasteiger partial charge in [-0.05, 0) is 36.4 Å². The van der Waals surface area contributed by atoms with E-state index in [1.807, 2.05) is 17.5 Å². The fourth-order valence-corrected chi connectivity index (χ4v) is 5.03. The molecule has 2 amide bonds. The van der Waals surface area contributed by atoms with E-state index in [4.69, 9.17) is 16.3 Å². The largest absolute Gasteiger partial charge is 0.379 e. The van der Waals surface area contributed by atoms with Crippen molar-refractivity contribution in [3.8, 4) is 9.88 Å². The lowest BCUT2D eigenvalue weighted by Crippen LogP contribution is -2.41. The summed E-state index contributed by atoms with van der Waals surface area (Å²) in [4.78, 5) is 32.1. The predicted octanol–water partition coefficient (Wildman–Crippen LogP) is 3.98. The first-order chi connectivity index (χ1) is 15.0. The highest BCUT2D eigenvalue weighted by molar-refractivity contribution is 7.23. The van der Waals surface area contributed by atoms with Crippen molar-refractivity contribution in [2.45, 2.75) is 6.42 Å². The smallest absolute Gasteiger partial charge is 0.238 e. The third kappa shape index (κ3) is 6.34. The Morgan fingerprint density at radius 3 is 2.35 bits per heavy atom. The third-order valence-corrected chi connectivity index (χ3v) is 6.89. The molecule has 2 aromatic heterocycles. The molecule has 0 aliphatic carbocycles. The first-order valence-corrected chi connectivity index (χ1v) is 11.8. The van der Waals surface area contributed by atoms with Gasteiger partial charge < -0.3 is 15.4 Å². The summed E-state index contributed by atoms with van der Waals surface area (Å²) in [6.07, 6.45) is 0.188. The lowest BCUT2D eigenvalue weighted by molar-refractivity contribution is -0.118. The van der Waals surface area contributed by atoms with E-state index in [2.05, 4.69) is 20.5 Å². The number of thiazole rings is 1. The number of thiophene rings is 1. The number of aromatic nitrogens is 1. The number of ether oxygens (including phenoxy) is 1. The van der Waals surface area contributed by atoms with E-state index in [1.54, 1.807) is 24.3 Å². The van der Waals surface area contributed by atoms with Crippen molar-refractivity contribution in [3.05, 3.63) is 51.8 Å². The van der Waals surface area contributed by atoms with Gasteiger partial charge in [-0.25, -0.2) is 4.98 Å². The quantitative estimate of drug-likeness (QED) is 0.539. The number of benzene rings is 1. The summed E-state index contributed by atoms with van der Waals surface area (Å²) in [7, 11) is 0. The molecule has 0 bridgehead atoms. The number of nitrogens with zero attached hydrogens (tertiary/aromatic N) is 2. The fraction of sp³-hybridized carbons (Fsp3) is 0.286. The number of amides is 2. The zero-order chi connectivity index (χ0) is 21.6. The zero-order valence-corrected chi connectivity index (χ0v) is 19.0. The number of anilines is 2. The first-order valence-electron chi connectivity index (χ1n) is 9.75. The number of hydrogen-bond donors (Lipinski definition) is 2. The normalized spacial score (nSPS) is 14.4. The molecule has 7 nitrogen and oxygen atoms in total. The number of carbonyl (C=O) groups excluding carboxylic acids is 2. The molecule has 1 aliphatic heterocycles. The Labute approximate surface area is 193 Å². The topological polar surface area (TPSA) is 83.6 Å². The molecule has 0 atom stereocenters. The van der Waals surface area contributed by atoms with Crippen LogP contribution in [0.25, 0.3) is 9.88 Å². The summed E-state index contributed by atoms with van der Waals surface area (Å²) in [5, 5.41) is 8.48. The Kier molecular flexibility index (Phi) is 7.31. The van der Waals surface area contributed by atoms with E-state index >= 15 is 0 Å². The van der Waals surface area contributed by atoms with Gasteiger partial charge >= 0.3 is 0 Å². The number of carbonyl (C=O) groups is 2. The summed E-state index contributed by atoms with van der Waals surface area (Å²) < 4.78 is 6.00. The highest BCUT2D eigenvalue weighted by Gasteiger charge is 2.14. The van der Waals surface area contributed by atoms with Crippen LogP contribution in [0.3, 0.4) is 0 Å². The minimum absolute atomic E-state index is 0.0648. The molecule has 0 saturated carbocycles. The van der Waals surface area contributed by atoms with Crippen molar-refractivity contribution in [2.75, 3.05) is 43.5 Å². The Hall–Kier alpha value is -2.30. The van der Waals surface area contributed by atoms with Gasteiger partial charge in [0.15, 0.2) is 0 Å². The van der Waals surface area contributed by atoms with Crippen LogP contribution in [-0.2, 0) is 20.7 Å². The number of hydrogen-bond acceptors (Lipinski definition) is 7. The molecule has 31 heavy (non-hydrogen) atoms. The Balaban J connectivity index is 1.26. The average Bonchev–Trinajstić information content (AvgIpc) is 3.39. The summed E-state index contributed by atoms with van der Waals surface area (Å²) in [6, 6.07) is 10.8. The van der Waals surface area contributed by atoms with Crippen LogP contribution in [0.1, 0.15) is 5.69 Å². The van der Waals surface area contributed by atoms with Crippen LogP contribution in [0.15, 0.2) is 41.8 Å². The van der Waals surface area contributed by atoms with Crippen LogP contribution in [-0.4, -0.2) is 54.5 Å². The molecular formula is C21H21ClN4O3S2. The van der Waals surface area contributed by atoms with Gasteiger partial charge in [0.05, 0.1) is 41.1 Å². The van der Waals surface area contributed by atoms with Crippen molar-refractivity contribution < 1.29 is 14.3 Å². The molecule has 1 aliphatic rings. The zero-order valence-electron chi connectivity index (χ0n) is 16.6. The summed E-state index contributed by atoms with van der Waals surface area (Å²) in [5.74, 6) is -0.213. The first kappa shape index (κ1) is 21.9. The van der Waals surface area contributed by atoms with E-state index in [0.717, 1.165) is 23.0 Å². The predicted molar refractivity (Wildman–Crippen MR) is 125 cm³/mol. The second-order valence-corrected chi connectivity index (χ2v) is 9.56. The molecule has 1 fully saturated rings. The van der Waals surface area contributed by atoms with Crippen LogP contribution in [0.4, 0.5) is 11.4 Å². The maximum Gasteiger partial charge on any atom is 0.238 e. The number of morpholine rings is 1. The Bertz CT molecular complexity index is 1050. The van der Waals surface area contributed by atoms with Crippen molar-refractivity contribution in [2.24, 2.45) is 0 Å². The molecule has 3 aromatic rings. The van der Waals surface area contributed by atoms with E-state index in [-0.39, 0.29) is 18.2 Å². The van der Waals surface area contributed by atoms with E-state index < -0.39 is 0 Å². The van der Waals surface area contributed by atoms with Crippen molar-refractivity contribution >= 4 is 57.5 Å². The fourth-order valence-electron chi connectivity index (χ4n) is 3.10. The van der Waals surface area contributed by atoms with Crippen LogP contribution in [0.2, 0.25) is 4.34 Å². The number of rotatable bonds is 7. The molecule has 162 valence electrons. The van der Waals surface area contributed by atoms with Gasteiger partial charge in [-0.3, -0.25) is 14.5 Å². The summed E-state index contributed by atoms with van der Waals surface area (Å²) in [5.41, 5.74) is 2.07. The molecule has 1 saturated heterocycles. The number of halogens is 1. The molecule has 3 heterocycles. The van der Waals surface area contributed by atoms with Gasteiger partial charge in [0.1, 0.15) is 5.01 Å². The SMILES string of the molecule is O=C(Cc1csc(-c2ccc(Cl)s2)n1)Nc1ccc(NC(=O)CN2CCOCC2)cc1. The van der Waals surface area contributed by atoms with Crippen molar-refractivity contribution in [1.82, 2.24) is 9.88 Å². The lowest BCUT2D eigenvalue weighted by Gasteiger charge is -2.25. The minimum Gasteiger partial charge on any atom is -0.379 e. The Morgan fingerprint density at radius 2 is 1.71 bits per heavy atom. The number of nitrogens with one attached hydrogen (secondary N) is 2. The highest BCUT2D eigenvalue weighted by atomic mass is 35.5. The molecule has 0 unspecified atom stereocenters. The molecule has 10 heteroatoms. The van der Waals surface area contributed by atoms with Crippen molar-refractivity contribution in [1.29, 1.82) is 0 Å². The molecule has 0 radical (unpaired) electrons. The van der Waals surface area contributed by atoms with Gasteiger partial charge in [0.25, 0.3) is 0 Å². The van der Waals surface area contributed by atoms with E-state index in [1.165, 1.54) is 22.7 Å². The van der Waals surface area contributed by atoms with Crippen molar-refractivity contribution in [3.63, 3.8) is 0 Å². The van der Waals surface area contributed by atoms with Gasteiger partial charge in [0, 0.05) is 29.8 Å². The standard InChI is InChI=1S/C21H21ClN4O3S2/c22-18-6-5-17(31-18)21-25-16(13-30-21)11-19(27)23-14-1-3-15(4-2-14)24-20(28)12-26-7-9-29-10-8-26/h1-6,13H,7-12H2,(H,23,27)(H,24,28). The second kappa shape index (κ2) is 10.3. The summed E-state index contributed by atoms with van der Waals surface area (Å²) in [6.45, 7) is 3.19. The lowest BCUT2D eigenvalue weighted by atomic mass is 10.2. The Morgan fingerprint density at radius 1 is 1.03 bits per heavy atom. The van der Waals surface area contributed by atoms with Crippen LogP contribution < -0.4 is 10.6 Å². The van der Waals surface area contributed by atoms with Gasteiger partial charge in [-0.15, -0.1) is 22.7 Å². The minimum atomic E-state index is -0.148. The summed E-state index contributed by atoms with van der Waals surface area (Å²) >= 11 is 8.94.